The Kier molecular flexibility index (Phi) is 5.83. The Morgan fingerprint density at radius 2 is 1.70 bits per heavy atom. The van der Waals surface area contributed by atoms with Crippen LogP contribution in [0.2, 0.25) is 0 Å². The first-order valence-corrected chi connectivity index (χ1v) is 11.3. The summed E-state index contributed by atoms with van der Waals surface area (Å²) < 4.78 is 29.6. The largest absolute Gasteiger partial charge is 0.383 e. The lowest BCUT2D eigenvalue weighted by Crippen LogP contribution is -2.41. The summed E-state index contributed by atoms with van der Waals surface area (Å²) in [6.07, 6.45) is 3.80. The first-order chi connectivity index (χ1) is 14.5. The van der Waals surface area contributed by atoms with Crippen LogP contribution >= 0.6 is 0 Å². The molecule has 3 aromatic carbocycles. The monoisotopic (exact) mass is 420 g/mol. The van der Waals surface area contributed by atoms with Crippen molar-refractivity contribution in [3.63, 3.8) is 0 Å². The van der Waals surface area contributed by atoms with Crippen molar-refractivity contribution in [1.29, 1.82) is 0 Å². The summed E-state index contributed by atoms with van der Waals surface area (Å²) in [6.45, 7) is 2.42. The molecule has 0 saturated heterocycles. The lowest BCUT2D eigenvalue weighted by molar-refractivity contribution is 0.552. The minimum Gasteiger partial charge on any atom is -0.383 e. The molecule has 4 aromatic rings. The highest BCUT2D eigenvalue weighted by atomic mass is 32.2. The number of benzene rings is 3. The van der Waals surface area contributed by atoms with E-state index in [1.807, 2.05) is 67.6 Å². The van der Waals surface area contributed by atoms with Gasteiger partial charge in [0.05, 0.1) is 11.2 Å². The number of nitrogens with one attached hydrogen (secondary N) is 3. The van der Waals surface area contributed by atoms with Gasteiger partial charge in [0.15, 0.2) is 0 Å². The topological polar surface area (TPSA) is 86.9 Å². The first kappa shape index (κ1) is 20.1. The zero-order valence-corrected chi connectivity index (χ0v) is 17.5. The molecule has 1 heterocycles. The molecule has 4 rings (SSSR count). The highest BCUT2D eigenvalue weighted by molar-refractivity contribution is 7.89. The maximum Gasteiger partial charge on any atom is 0.241 e. The van der Waals surface area contributed by atoms with Gasteiger partial charge in [-0.15, -0.1) is 0 Å². The Hall–Kier alpha value is -3.16. The van der Waals surface area contributed by atoms with Gasteiger partial charge in [-0.1, -0.05) is 48.5 Å². The molecule has 0 fully saturated rings. The van der Waals surface area contributed by atoms with Crippen molar-refractivity contribution in [2.75, 3.05) is 11.9 Å². The number of anilines is 1. The Bertz CT molecular complexity index is 1220. The molecule has 154 valence electrons. The van der Waals surface area contributed by atoms with Crippen molar-refractivity contribution in [1.82, 2.24) is 14.7 Å². The number of hydrogen-bond donors (Lipinski definition) is 3. The molecule has 0 spiro atoms. The smallest absolute Gasteiger partial charge is 0.241 e. The Labute approximate surface area is 176 Å². The van der Waals surface area contributed by atoms with Crippen LogP contribution in [0.4, 0.5) is 5.69 Å². The Morgan fingerprint density at radius 1 is 0.967 bits per heavy atom. The summed E-state index contributed by atoms with van der Waals surface area (Å²) in [5.74, 6) is 0. The summed E-state index contributed by atoms with van der Waals surface area (Å²) in [7, 11) is -3.73. The second kappa shape index (κ2) is 8.69. The number of aromatic nitrogens is 2. The van der Waals surface area contributed by atoms with E-state index < -0.39 is 10.0 Å². The number of aryl methyl sites for hydroxylation is 1. The lowest BCUT2D eigenvalue weighted by Gasteiger charge is -2.20. The number of hydrogen-bond acceptors (Lipinski definition) is 4. The van der Waals surface area contributed by atoms with Gasteiger partial charge in [0.1, 0.15) is 0 Å². The SMILES string of the molecule is Cc1ccc(S(=O)(=O)N[C@H](CNc2ccccc2)Cc2cnc[nH]2)c2ccccc12. The van der Waals surface area contributed by atoms with Crippen LogP contribution in [0.15, 0.2) is 84.1 Å². The fraction of sp³-hybridized carbons (Fsp3) is 0.174. The van der Waals surface area contributed by atoms with Gasteiger partial charge in [-0.25, -0.2) is 18.1 Å². The summed E-state index contributed by atoms with van der Waals surface area (Å²) in [6, 6.07) is 20.5. The van der Waals surface area contributed by atoms with Crippen molar-refractivity contribution >= 4 is 26.5 Å². The highest BCUT2D eigenvalue weighted by Gasteiger charge is 2.23. The van der Waals surface area contributed by atoms with Crippen LogP contribution in [-0.2, 0) is 16.4 Å². The van der Waals surface area contributed by atoms with Crippen molar-refractivity contribution in [2.45, 2.75) is 24.3 Å². The van der Waals surface area contributed by atoms with Crippen LogP contribution in [0.25, 0.3) is 10.8 Å². The molecule has 1 atom stereocenters. The molecule has 0 amide bonds. The Morgan fingerprint density at radius 3 is 2.43 bits per heavy atom. The summed E-state index contributed by atoms with van der Waals surface area (Å²) in [5.41, 5.74) is 2.85. The standard InChI is InChI=1S/C23H24N4O2S/c1-17-11-12-23(22-10-6-5-9-21(17)22)30(28,29)27-20(13-19-14-24-16-26-19)15-25-18-7-3-2-4-8-18/h2-12,14,16,20,25,27H,13,15H2,1H3,(H,24,26)/t20-/m0/s1. The second-order valence-electron chi connectivity index (χ2n) is 7.27. The number of rotatable bonds is 8. The molecule has 0 unspecified atom stereocenters. The molecule has 6 nitrogen and oxygen atoms in total. The molecule has 7 heteroatoms. The number of para-hydroxylation sites is 1. The van der Waals surface area contributed by atoms with Gasteiger partial charge in [-0.2, -0.15) is 0 Å². The van der Waals surface area contributed by atoms with Crippen LogP contribution in [0.3, 0.4) is 0 Å². The van der Waals surface area contributed by atoms with E-state index in [0.717, 1.165) is 27.7 Å². The molecule has 0 radical (unpaired) electrons. The van der Waals surface area contributed by atoms with Gasteiger partial charge in [0, 0.05) is 42.0 Å². The summed E-state index contributed by atoms with van der Waals surface area (Å²) in [5, 5.41) is 4.98. The molecule has 0 saturated carbocycles. The third kappa shape index (κ3) is 4.53. The number of sulfonamides is 1. The van der Waals surface area contributed by atoms with Crippen molar-refractivity contribution in [3.05, 3.63) is 90.5 Å². The van der Waals surface area contributed by atoms with E-state index in [1.165, 1.54) is 0 Å². The first-order valence-electron chi connectivity index (χ1n) is 9.80. The van der Waals surface area contributed by atoms with Gasteiger partial charge in [-0.05, 0) is 36.1 Å². The quantitative estimate of drug-likeness (QED) is 0.404. The zero-order chi connectivity index (χ0) is 21.0. The second-order valence-corrected chi connectivity index (χ2v) is 8.95. The van der Waals surface area contributed by atoms with E-state index in [9.17, 15) is 8.42 Å². The average molecular weight is 421 g/mol. The third-order valence-corrected chi connectivity index (χ3v) is 6.64. The van der Waals surface area contributed by atoms with E-state index >= 15 is 0 Å². The van der Waals surface area contributed by atoms with E-state index in [2.05, 4.69) is 20.0 Å². The number of imidazole rings is 1. The van der Waals surface area contributed by atoms with E-state index in [-0.39, 0.29) is 10.9 Å². The van der Waals surface area contributed by atoms with Crippen LogP contribution < -0.4 is 10.0 Å². The molecule has 30 heavy (non-hydrogen) atoms. The lowest BCUT2D eigenvalue weighted by atomic mass is 10.1. The molecular formula is C23H24N4O2S. The predicted octanol–water partition coefficient (Wildman–Crippen LogP) is 3.87. The van der Waals surface area contributed by atoms with Gasteiger partial charge in [0.25, 0.3) is 0 Å². The fourth-order valence-corrected chi connectivity index (χ4v) is 5.00. The van der Waals surface area contributed by atoms with Crippen LogP contribution in [0.5, 0.6) is 0 Å². The maximum atomic E-state index is 13.3. The molecule has 3 N–H and O–H groups in total. The van der Waals surface area contributed by atoms with Crippen LogP contribution in [0.1, 0.15) is 11.3 Å². The van der Waals surface area contributed by atoms with Gasteiger partial charge in [0.2, 0.25) is 10.0 Å². The van der Waals surface area contributed by atoms with Crippen molar-refractivity contribution < 1.29 is 8.42 Å². The van der Waals surface area contributed by atoms with Crippen LogP contribution in [-0.4, -0.2) is 31.0 Å². The molecule has 0 aliphatic carbocycles. The number of H-pyrrole nitrogens is 1. The van der Waals surface area contributed by atoms with Crippen molar-refractivity contribution in [3.8, 4) is 0 Å². The highest BCUT2D eigenvalue weighted by Crippen LogP contribution is 2.26. The average Bonchev–Trinajstić information content (AvgIpc) is 3.26. The number of aromatic amines is 1. The predicted molar refractivity (Wildman–Crippen MR) is 120 cm³/mol. The van der Waals surface area contributed by atoms with Gasteiger partial charge >= 0.3 is 0 Å². The number of fused-ring (bicyclic) bond motifs is 1. The van der Waals surface area contributed by atoms with Crippen LogP contribution in [0, 0.1) is 6.92 Å². The fourth-order valence-electron chi connectivity index (χ4n) is 3.55. The molecule has 0 aliphatic rings. The molecular weight excluding hydrogens is 396 g/mol. The zero-order valence-electron chi connectivity index (χ0n) is 16.7. The van der Waals surface area contributed by atoms with Crippen molar-refractivity contribution in [2.24, 2.45) is 0 Å². The van der Waals surface area contributed by atoms with E-state index in [4.69, 9.17) is 0 Å². The Balaban J connectivity index is 1.62. The third-order valence-electron chi connectivity index (χ3n) is 5.06. The minimum absolute atomic E-state index is 0.290. The van der Waals surface area contributed by atoms with Gasteiger partial charge in [-0.3, -0.25) is 0 Å². The maximum absolute atomic E-state index is 13.3. The molecule has 0 bridgehead atoms. The summed E-state index contributed by atoms with van der Waals surface area (Å²) in [4.78, 5) is 7.39. The van der Waals surface area contributed by atoms with E-state index in [1.54, 1.807) is 18.6 Å². The molecule has 0 aliphatic heterocycles. The molecule has 1 aromatic heterocycles. The van der Waals surface area contributed by atoms with E-state index in [0.29, 0.717) is 13.0 Å². The summed E-state index contributed by atoms with van der Waals surface area (Å²) >= 11 is 0. The number of nitrogens with zero attached hydrogens (tertiary/aromatic N) is 1. The van der Waals surface area contributed by atoms with Gasteiger partial charge < -0.3 is 10.3 Å². The normalized spacial score (nSPS) is 12.7. The minimum atomic E-state index is -3.73.